The number of esters is 1. The van der Waals surface area contributed by atoms with Crippen molar-refractivity contribution in [2.75, 3.05) is 20.8 Å². The molecule has 0 heterocycles. The van der Waals surface area contributed by atoms with Crippen molar-refractivity contribution in [3.8, 4) is 5.75 Å². The summed E-state index contributed by atoms with van der Waals surface area (Å²) in [4.78, 5) is 11.6. The molecule has 0 aliphatic heterocycles. The Labute approximate surface area is 131 Å². The molecule has 0 spiro atoms. The van der Waals surface area contributed by atoms with Gasteiger partial charge in [-0.1, -0.05) is 18.2 Å². The monoisotopic (exact) mass is 308 g/mol. The summed E-state index contributed by atoms with van der Waals surface area (Å²) in [6.07, 6.45) is 1.54. The highest BCUT2D eigenvalue weighted by molar-refractivity contribution is 5.73. The summed E-state index contributed by atoms with van der Waals surface area (Å²) in [7, 11) is 2.93. The van der Waals surface area contributed by atoms with Gasteiger partial charge in [-0.05, 0) is 30.5 Å². The number of methoxy groups -OCH3 is 2. The van der Waals surface area contributed by atoms with Crippen molar-refractivity contribution in [2.45, 2.75) is 25.6 Å². The van der Waals surface area contributed by atoms with Crippen molar-refractivity contribution in [3.05, 3.63) is 42.5 Å². The number of rotatable bonds is 10. The third-order valence-corrected chi connectivity index (χ3v) is 3.37. The third-order valence-electron chi connectivity index (χ3n) is 3.37. The van der Waals surface area contributed by atoms with E-state index >= 15 is 0 Å². The van der Waals surface area contributed by atoms with Crippen LogP contribution in [0.5, 0.6) is 5.75 Å². The van der Waals surface area contributed by atoms with Gasteiger partial charge in [-0.25, -0.2) is 0 Å². The summed E-state index contributed by atoms with van der Waals surface area (Å²) in [5, 5.41) is 10.1. The number of ether oxygens (including phenoxy) is 3. The van der Waals surface area contributed by atoms with Crippen LogP contribution in [0.1, 0.15) is 18.4 Å². The molecule has 1 N–H and O–H groups in total. The van der Waals surface area contributed by atoms with E-state index in [1.54, 1.807) is 13.2 Å². The van der Waals surface area contributed by atoms with E-state index in [1.165, 1.54) is 7.11 Å². The topological polar surface area (TPSA) is 65.0 Å². The zero-order chi connectivity index (χ0) is 16.4. The number of allylic oxidation sites excluding steroid dienone is 1. The first-order chi connectivity index (χ1) is 10.6. The molecule has 22 heavy (non-hydrogen) atoms. The standard InChI is InChI=1S/C17H24O5/c1-4-5-15(17(19)21-3)16(18)10-11-22-12-13-6-8-14(20-2)9-7-13/h4,6-9,15-16,18H,1,5,10-12H2,2-3H3/t15-,16-/m0/s1. The summed E-state index contributed by atoms with van der Waals surface area (Å²) >= 11 is 0. The molecule has 0 unspecified atom stereocenters. The molecule has 1 aromatic carbocycles. The zero-order valence-electron chi connectivity index (χ0n) is 13.2. The number of hydrogen-bond donors (Lipinski definition) is 1. The van der Waals surface area contributed by atoms with Gasteiger partial charge in [-0.3, -0.25) is 4.79 Å². The maximum Gasteiger partial charge on any atom is 0.311 e. The number of carbonyl (C=O) groups is 1. The van der Waals surface area contributed by atoms with Crippen LogP contribution >= 0.6 is 0 Å². The fourth-order valence-corrected chi connectivity index (χ4v) is 2.06. The van der Waals surface area contributed by atoms with Crippen LogP contribution in [0.4, 0.5) is 0 Å². The molecule has 1 aromatic rings. The van der Waals surface area contributed by atoms with Crippen molar-refractivity contribution >= 4 is 5.97 Å². The minimum atomic E-state index is -0.804. The van der Waals surface area contributed by atoms with Crippen molar-refractivity contribution < 1.29 is 24.1 Å². The summed E-state index contributed by atoms with van der Waals surface area (Å²) in [6, 6.07) is 7.57. The number of aliphatic hydroxyl groups excluding tert-OH is 1. The smallest absolute Gasteiger partial charge is 0.311 e. The minimum Gasteiger partial charge on any atom is -0.497 e. The molecule has 0 aliphatic carbocycles. The third kappa shape index (κ3) is 5.87. The lowest BCUT2D eigenvalue weighted by molar-refractivity contribution is -0.149. The van der Waals surface area contributed by atoms with Crippen LogP contribution < -0.4 is 4.74 Å². The molecule has 0 saturated heterocycles. The van der Waals surface area contributed by atoms with Crippen LogP contribution in [0.3, 0.4) is 0 Å². The molecule has 2 atom stereocenters. The Kier molecular flexibility index (Phi) is 8.25. The Bertz CT molecular complexity index is 455. The summed E-state index contributed by atoms with van der Waals surface area (Å²) in [5.74, 6) is -0.223. The second kappa shape index (κ2) is 9.97. The van der Waals surface area contributed by atoms with E-state index in [9.17, 15) is 9.90 Å². The number of aliphatic hydroxyl groups is 1. The average Bonchev–Trinajstić information content (AvgIpc) is 2.56. The first-order valence-corrected chi connectivity index (χ1v) is 7.19. The quantitative estimate of drug-likeness (QED) is 0.408. The molecule has 0 fully saturated rings. The van der Waals surface area contributed by atoms with E-state index in [0.29, 0.717) is 26.1 Å². The number of hydrogen-bond acceptors (Lipinski definition) is 5. The summed E-state index contributed by atoms with van der Waals surface area (Å²) in [5.41, 5.74) is 1.02. The van der Waals surface area contributed by atoms with Crippen LogP contribution in [0.15, 0.2) is 36.9 Å². The predicted octanol–water partition coefficient (Wildman–Crippen LogP) is 2.33. The number of carbonyl (C=O) groups excluding carboxylic acids is 1. The second-order valence-corrected chi connectivity index (χ2v) is 4.91. The van der Waals surface area contributed by atoms with Gasteiger partial charge in [0.2, 0.25) is 0 Å². The minimum absolute atomic E-state index is 0.359. The number of benzene rings is 1. The van der Waals surface area contributed by atoms with E-state index in [4.69, 9.17) is 9.47 Å². The molecule has 0 aromatic heterocycles. The van der Waals surface area contributed by atoms with Crippen LogP contribution in [0.2, 0.25) is 0 Å². The van der Waals surface area contributed by atoms with Crippen LogP contribution in [0, 0.1) is 5.92 Å². The van der Waals surface area contributed by atoms with Gasteiger partial charge < -0.3 is 19.3 Å². The van der Waals surface area contributed by atoms with E-state index in [0.717, 1.165) is 11.3 Å². The van der Waals surface area contributed by atoms with E-state index in [1.807, 2.05) is 24.3 Å². The summed E-state index contributed by atoms with van der Waals surface area (Å²) in [6.45, 7) is 4.39. The lowest BCUT2D eigenvalue weighted by Gasteiger charge is -2.19. The second-order valence-electron chi connectivity index (χ2n) is 4.91. The Balaban J connectivity index is 2.35. The maximum absolute atomic E-state index is 11.6. The molecular formula is C17H24O5. The van der Waals surface area contributed by atoms with Crippen molar-refractivity contribution in [1.29, 1.82) is 0 Å². The molecular weight excluding hydrogens is 284 g/mol. The fraction of sp³-hybridized carbons (Fsp3) is 0.471. The van der Waals surface area contributed by atoms with Crippen LogP contribution in [0.25, 0.3) is 0 Å². The molecule has 122 valence electrons. The molecule has 0 bridgehead atoms. The lowest BCUT2D eigenvalue weighted by Crippen LogP contribution is -2.30. The maximum atomic E-state index is 11.6. The highest BCUT2D eigenvalue weighted by atomic mass is 16.5. The van der Waals surface area contributed by atoms with Crippen LogP contribution in [-0.4, -0.2) is 38.0 Å². The largest absolute Gasteiger partial charge is 0.497 e. The molecule has 0 radical (unpaired) electrons. The zero-order valence-corrected chi connectivity index (χ0v) is 13.2. The van der Waals surface area contributed by atoms with Gasteiger partial charge in [0, 0.05) is 6.61 Å². The Morgan fingerprint density at radius 1 is 1.32 bits per heavy atom. The Morgan fingerprint density at radius 3 is 2.55 bits per heavy atom. The van der Waals surface area contributed by atoms with Gasteiger partial charge >= 0.3 is 5.97 Å². The Hall–Kier alpha value is -1.85. The lowest BCUT2D eigenvalue weighted by atomic mass is 9.96. The normalized spacial score (nSPS) is 13.2. The molecule has 5 nitrogen and oxygen atoms in total. The average molecular weight is 308 g/mol. The highest BCUT2D eigenvalue weighted by Crippen LogP contribution is 2.16. The van der Waals surface area contributed by atoms with Crippen LogP contribution in [-0.2, 0) is 20.9 Å². The fourth-order valence-electron chi connectivity index (χ4n) is 2.06. The Morgan fingerprint density at radius 2 is 2.00 bits per heavy atom. The SMILES string of the molecule is C=CC[C@H](C(=O)OC)[C@@H](O)CCOCc1ccc(OC)cc1. The molecule has 1 rings (SSSR count). The van der Waals surface area contributed by atoms with Crippen molar-refractivity contribution in [1.82, 2.24) is 0 Å². The van der Waals surface area contributed by atoms with Crippen molar-refractivity contribution in [2.24, 2.45) is 5.92 Å². The predicted molar refractivity (Wildman–Crippen MR) is 83.6 cm³/mol. The molecule has 0 aliphatic rings. The molecule has 0 amide bonds. The first-order valence-electron chi connectivity index (χ1n) is 7.19. The van der Waals surface area contributed by atoms with Gasteiger partial charge in [-0.2, -0.15) is 0 Å². The van der Waals surface area contributed by atoms with E-state index in [-0.39, 0.29) is 0 Å². The van der Waals surface area contributed by atoms with Gasteiger partial charge in [0.25, 0.3) is 0 Å². The van der Waals surface area contributed by atoms with Gasteiger partial charge in [0.05, 0.1) is 32.8 Å². The van der Waals surface area contributed by atoms with Gasteiger partial charge in [-0.15, -0.1) is 6.58 Å². The first kappa shape index (κ1) is 18.2. The molecule has 0 saturated carbocycles. The van der Waals surface area contributed by atoms with E-state index in [2.05, 4.69) is 11.3 Å². The van der Waals surface area contributed by atoms with Crippen molar-refractivity contribution in [3.63, 3.8) is 0 Å². The van der Waals surface area contributed by atoms with Gasteiger partial charge in [0.15, 0.2) is 0 Å². The van der Waals surface area contributed by atoms with E-state index < -0.39 is 18.0 Å². The summed E-state index contributed by atoms with van der Waals surface area (Å²) < 4.78 is 15.3. The molecule has 5 heteroatoms. The van der Waals surface area contributed by atoms with Gasteiger partial charge in [0.1, 0.15) is 5.75 Å². The highest BCUT2D eigenvalue weighted by Gasteiger charge is 2.26.